The molecule has 0 aromatic rings. The van der Waals surface area contributed by atoms with Gasteiger partial charge in [0.1, 0.15) is 0 Å². The summed E-state index contributed by atoms with van der Waals surface area (Å²) in [7, 11) is -5.39. The first-order chi connectivity index (χ1) is 12.1. The molecule has 7 nitrogen and oxygen atoms in total. The standard InChI is InChI=1S/C18H34O3.H3O4P/c1-3-4-5-6-7-8-9-10-11-12-13-14-15-17(19)16(2)18(20)21;1-5(2,3)4/h19H,3-15H2,1-2H3,(H,20,21);(H3,1,2,3,4)/p-4/b17-16-;. The molecule has 0 aliphatic carbocycles. The summed E-state index contributed by atoms with van der Waals surface area (Å²) in [6.45, 7) is 3.64. The van der Waals surface area contributed by atoms with Gasteiger partial charge in [0.05, 0.1) is 0 Å². The second-order valence-corrected chi connectivity index (χ2v) is 7.33. The molecule has 0 aromatic carbocycles. The first kappa shape index (κ1) is 27.3. The molecule has 0 heterocycles. The second kappa shape index (κ2) is 17.5. The van der Waals surface area contributed by atoms with Gasteiger partial charge in [0.15, 0.2) is 0 Å². The number of allylic oxidation sites excluding steroid dienone is 1. The Morgan fingerprint density at radius 2 is 1.12 bits per heavy atom. The van der Waals surface area contributed by atoms with Gasteiger partial charge in [-0.05, 0) is 13.3 Å². The van der Waals surface area contributed by atoms with Crippen LogP contribution in [0.25, 0.3) is 0 Å². The molecular formula is C18H33O7P-4. The van der Waals surface area contributed by atoms with Gasteiger partial charge in [0.2, 0.25) is 0 Å². The first-order valence-electron chi connectivity index (χ1n) is 9.42. The van der Waals surface area contributed by atoms with Crippen LogP contribution in [0.1, 0.15) is 97.3 Å². The van der Waals surface area contributed by atoms with Gasteiger partial charge in [-0.2, -0.15) is 7.82 Å². The van der Waals surface area contributed by atoms with E-state index in [2.05, 4.69) is 6.92 Å². The molecule has 0 rings (SSSR count). The molecule has 0 amide bonds. The van der Waals surface area contributed by atoms with Gasteiger partial charge in [-0.1, -0.05) is 84.0 Å². The van der Waals surface area contributed by atoms with E-state index < -0.39 is 13.8 Å². The van der Waals surface area contributed by atoms with Crippen LogP contribution in [-0.4, -0.2) is 11.1 Å². The van der Waals surface area contributed by atoms with Crippen molar-refractivity contribution in [2.75, 3.05) is 0 Å². The van der Waals surface area contributed by atoms with Crippen LogP contribution in [0, 0.1) is 0 Å². The highest BCUT2D eigenvalue weighted by Crippen LogP contribution is 2.14. The van der Waals surface area contributed by atoms with Gasteiger partial charge >= 0.3 is 5.97 Å². The van der Waals surface area contributed by atoms with Gasteiger partial charge < -0.3 is 29.5 Å². The van der Waals surface area contributed by atoms with Crippen molar-refractivity contribution in [3.05, 3.63) is 11.3 Å². The molecule has 0 unspecified atom stereocenters. The molecule has 0 atom stereocenters. The Hall–Kier alpha value is -0.880. The van der Waals surface area contributed by atoms with E-state index in [9.17, 15) is 9.90 Å². The fourth-order valence-corrected chi connectivity index (χ4v) is 2.43. The predicted octanol–water partition coefficient (Wildman–Crippen LogP) is 1.97. The van der Waals surface area contributed by atoms with Crippen molar-refractivity contribution < 1.29 is 34.3 Å². The van der Waals surface area contributed by atoms with E-state index in [0.29, 0.717) is 6.42 Å². The molecule has 156 valence electrons. The van der Waals surface area contributed by atoms with E-state index in [1.165, 1.54) is 64.7 Å². The molecule has 0 saturated heterocycles. The molecule has 1 N–H and O–H groups in total. The second-order valence-electron chi connectivity index (χ2n) is 6.44. The molecule has 0 saturated carbocycles. The average Bonchev–Trinajstić information content (AvgIpc) is 2.53. The summed E-state index contributed by atoms with van der Waals surface area (Å²) in [4.78, 5) is 36.2. The van der Waals surface area contributed by atoms with Crippen molar-refractivity contribution in [3.63, 3.8) is 0 Å². The Bertz CT molecular complexity index is 421. The Balaban J connectivity index is 0. The van der Waals surface area contributed by atoms with Crippen LogP contribution in [0.5, 0.6) is 0 Å². The molecule has 0 bridgehead atoms. The maximum absolute atomic E-state index is 11.4. The van der Waals surface area contributed by atoms with Gasteiger partial charge in [-0.3, -0.25) is 0 Å². The lowest BCUT2D eigenvalue weighted by Crippen LogP contribution is -2.24. The zero-order valence-corrected chi connectivity index (χ0v) is 16.9. The number of rotatable bonds is 14. The topological polar surface area (TPSA) is 147 Å². The van der Waals surface area contributed by atoms with Crippen LogP contribution in [0.15, 0.2) is 11.3 Å². The number of carboxylic acids is 1. The fourth-order valence-electron chi connectivity index (χ4n) is 2.43. The molecule has 0 fully saturated rings. The molecule has 0 radical (unpaired) electrons. The average molecular weight is 392 g/mol. The summed E-state index contributed by atoms with van der Waals surface area (Å²) in [6, 6.07) is 0. The van der Waals surface area contributed by atoms with E-state index >= 15 is 0 Å². The number of unbranched alkanes of at least 4 members (excludes halogenated alkanes) is 11. The monoisotopic (exact) mass is 392 g/mol. The molecule has 26 heavy (non-hydrogen) atoms. The number of carboxylic acid groups (broad SMARTS) is 1. The van der Waals surface area contributed by atoms with Crippen LogP contribution >= 0.6 is 7.82 Å². The van der Waals surface area contributed by atoms with Crippen molar-refractivity contribution >= 4 is 13.8 Å². The zero-order chi connectivity index (χ0) is 20.4. The predicted molar refractivity (Wildman–Crippen MR) is 93.6 cm³/mol. The normalized spacial score (nSPS) is 12.2. The fraction of sp³-hybridized carbons (Fsp3) is 0.833. The largest absolute Gasteiger partial charge is 0.875 e. The van der Waals surface area contributed by atoms with Crippen molar-refractivity contribution in [2.45, 2.75) is 97.3 Å². The van der Waals surface area contributed by atoms with E-state index in [-0.39, 0.29) is 11.3 Å². The minimum Gasteiger partial charge on any atom is -0.875 e. The third-order valence-corrected chi connectivity index (χ3v) is 4.00. The zero-order valence-electron chi connectivity index (χ0n) is 16.0. The summed E-state index contributed by atoms with van der Waals surface area (Å²) in [5, 5.41) is 20.1. The smallest absolute Gasteiger partial charge is 0.330 e. The molecule has 0 aromatic heterocycles. The third-order valence-electron chi connectivity index (χ3n) is 4.00. The van der Waals surface area contributed by atoms with Crippen LogP contribution in [0.3, 0.4) is 0 Å². The Morgan fingerprint density at radius 3 is 1.42 bits per heavy atom. The minimum atomic E-state index is -5.39. The summed E-state index contributed by atoms with van der Waals surface area (Å²) < 4.78 is 8.55. The van der Waals surface area contributed by atoms with Crippen LogP contribution < -0.4 is 19.8 Å². The maximum atomic E-state index is 11.4. The summed E-state index contributed by atoms with van der Waals surface area (Å²) >= 11 is 0. The van der Waals surface area contributed by atoms with E-state index in [1.54, 1.807) is 0 Å². The van der Waals surface area contributed by atoms with Gasteiger partial charge in [0, 0.05) is 5.57 Å². The minimum absolute atomic E-state index is 0.0296. The summed E-state index contributed by atoms with van der Waals surface area (Å²) in [5.74, 6) is -1.30. The van der Waals surface area contributed by atoms with E-state index in [1.807, 2.05) is 0 Å². The van der Waals surface area contributed by atoms with Crippen LogP contribution in [0.2, 0.25) is 0 Å². The Labute approximate surface area is 157 Å². The van der Waals surface area contributed by atoms with Crippen molar-refractivity contribution in [1.82, 2.24) is 0 Å². The van der Waals surface area contributed by atoms with E-state index in [4.69, 9.17) is 24.4 Å². The van der Waals surface area contributed by atoms with Crippen LogP contribution in [-0.2, 0) is 9.36 Å². The lowest BCUT2D eigenvalue weighted by Gasteiger charge is -2.36. The SMILES string of the molecule is CCCCCCCCCCCCCC/C([O-])=C(\C)C(=O)O.O=P([O-])([O-])[O-]. The molecule has 8 heteroatoms. The van der Waals surface area contributed by atoms with Gasteiger partial charge in [0.25, 0.3) is 0 Å². The van der Waals surface area contributed by atoms with Crippen molar-refractivity contribution in [3.8, 4) is 0 Å². The number of aliphatic carboxylic acids is 1. The highest BCUT2D eigenvalue weighted by Gasteiger charge is 2.01. The molecule has 0 aliphatic heterocycles. The van der Waals surface area contributed by atoms with Gasteiger partial charge in [-0.25, -0.2) is 4.79 Å². The Kier molecular flexibility index (Phi) is 18.4. The van der Waals surface area contributed by atoms with Crippen LogP contribution in [0.4, 0.5) is 0 Å². The lowest BCUT2D eigenvalue weighted by atomic mass is 10.0. The number of hydrogen-bond acceptors (Lipinski definition) is 6. The number of phosphoric acid groups is 1. The molecular weight excluding hydrogens is 359 g/mol. The number of hydrogen-bond donors (Lipinski definition) is 1. The molecule has 0 aliphatic rings. The summed E-state index contributed by atoms with van der Waals surface area (Å²) in [6.07, 6.45) is 15.5. The third kappa shape index (κ3) is 25.4. The Morgan fingerprint density at radius 1 is 0.808 bits per heavy atom. The highest BCUT2D eigenvalue weighted by molar-refractivity contribution is 7.40. The first-order valence-corrected chi connectivity index (χ1v) is 10.9. The summed E-state index contributed by atoms with van der Waals surface area (Å²) in [5.41, 5.74) is -0.0296. The number of carbonyl (C=O) groups is 1. The van der Waals surface area contributed by atoms with Crippen molar-refractivity contribution in [2.24, 2.45) is 0 Å². The lowest BCUT2D eigenvalue weighted by molar-refractivity contribution is -0.432. The maximum Gasteiger partial charge on any atom is 0.330 e. The molecule has 0 spiro atoms. The van der Waals surface area contributed by atoms with Gasteiger partial charge in [-0.15, -0.1) is 5.76 Å². The highest BCUT2D eigenvalue weighted by atomic mass is 31.2. The quantitative estimate of drug-likeness (QED) is 0.206. The van der Waals surface area contributed by atoms with E-state index in [0.717, 1.165) is 19.3 Å². The van der Waals surface area contributed by atoms with Crippen molar-refractivity contribution in [1.29, 1.82) is 0 Å².